The van der Waals surface area contributed by atoms with Crippen LogP contribution < -0.4 is 11.1 Å². The molecule has 0 bridgehead atoms. The van der Waals surface area contributed by atoms with Crippen LogP contribution in [0.25, 0.3) is 0 Å². The van der Waals surface area contributed by atoms with Crippen molar-refractivity contribution in [3.05, 3.63) is 30.1 Å². The molecule has 0 aliphatic rings. The molecular formula is C12H21IN4O. The fourth-order valence-corrected chi connectivity index (χ4v) is 1.30. The van der Waals surface area contributed by atoms with Crippen molar-refractivity contribution in [1.82, 2.24) is 10.3 Å². The second-order valence-electron chi connectivity index (χ2n) is 3.46. The Hall–Kier alpha value is -0.890. The van der Waals surface area contributed by atoms with Crippen molar-refractivity contribution >= 4 is 29.9 Å². The molecule has 1 rings (SSSR count). The molecule has 0 radical (unpaired) electrons. The second kappa shape index (κ2) is 11.2. The molecule has 5 nitrogen and oxygen atoms in total. The van der Waals surface area contributed by atoms with Gasteiger partial charge in [-0.1, -0.05) is 6.07 Å². The average Bonchev–Trinajstić information content (AvgIpc) is 2.36. The van der Waals surface area contributed by atoms with Crippen molar-refractivity contribution in [3.8, 4) is 0 Å². The number of nitrogens with one attached hydrogen (secondary N) is 1. The number of guanidine groups is 1. The van der Waals surface area contributed by atoms with Crippen LogP contribution in [0.1, 0.15) is 12.6 Å². The summed E-state index contributed by atoms with van der Waals surface area (Å²) in [6.45, 7) is 4.61. The van der Waals surface area contributed by atoms with Gasteiger partial charge in [0.2, 0.25) is 0 Å². The number of ether oxygens (including phenoxy) is 1. The number of aromatic nitrogens is 1. The molecule has 102 valence electrons. The van der Waals surface area contributed by atoms with Crippen LogP contribution in [-0.2, 0) is 11.2 Å². The Morgan fingerprint density at radius 1 is 1.50 bits per heavy atom. The Kier molecular flexibility index (Phi) is 10.7. The molecule has 0 spiro atoms. The Balaban J connectivity index is 0.00000289. The van der Waals surface area contributed by atoms with E-state index in [0.717, 1.165) is 18.7 Å². The van der Waals surface area contributed by atoms with E-state index in [0.29, 0.717) is 25.7 Å². The Bertz CT molecular complexity index is 332. The van der Waals surface area contributed by atoms with Crippen molar-refractivity contribution in [1.29, 1.82) is 0 Å². The van der Waals surface area contributed by atoms with Gasteiger partial charge in [0, 0.05) is 31.5 Å². The van der Waals surface area contributed by atoms with Gasteiger partial charge in [-0.05, 0) is 19.1 Å². The normalized spacial score (nSPS) is 10.8. The number of nitrogens with two attached hydrogens (primary N) is 1. The zero-order valence-electron chi connectivity index (χ0n) is 10.6. The standard InChI is InChI=1S/C12H20N4O.HI/c1-2-17-10-9-16-12(13)15-8-6-11-5-3-4-7-14-11;/h3-5,7H,2,6,8-10H2,1H3,(H3,13,15,16);1H. The largest absolute Gasteiger partial charge is 0.380 e. The second-order valence-corrected chi connectivity index (χ2v) is 3.46. The predicted octanol–water partition coefficient (Wildman–Crippen LogP) is 1.18. The van der Waals surface area contributed by atoms with Crippen molar-refractivity contribution in [2.45, 2.75) is 13.3 Å². The minimum atomic E-state index is 0. The molecule has 0 aliphatic carbocycles. The Morgan fingerprint density at radius 3 is 3.00 bits per heavy atom. The third-order valence-corrected chi connectivity index (χ3v) is 2.14. The van der Waals surface area contributed by atoms with Gasteiger partial charge >= 0.3 is 0 Å². The number of nitrogens with zero attached hydrogens (tertiary/aromatic N) is 2. The first-order chi connectivity index (χ1) is 8.33. The van der Waals surface area contributed by atoms with Gasteiger partial charge in [-0.15, -0.1) is 24.0 Å². The fourth-order valence-electron chi connectivity index (χ4n) is 1.30. The summed E-state index contributed by atoms with van der Waals surface area (Å²) in [4.78, 5) is 8.35. The number of hydrogen-bond acceptors (Lipinski definition) is 3. The maximum atomic E-state index is 5.68. The first-order valence-electron chi connectivity index (χ1n) is 5.84. The lowest BCUT2D eigenvalue weighted by atomic mass is 10.3. The summed E-state index contributed by atoms with van der Waals surface area (Å²) < 4.78 is 5.16. The number of pyridine rings is 1. The average molecular weight is 364 g/mol. The topological polar surface area (TPSA) is 72.5 Å². The molecule has 6 heteroatoms. The first kappa shape index (κ1) is 17.1. The van der Waals surface area contributed by atoms with Crippen molar-refractivity contribution in [2.75, 3.05) is 26.3 Å². The van der Waals surface area contributed by atoms with Crippen molar-refractivity contribution in [2.24, 2.45) is 10.7 Å². The monoisotopic (exact) mass is 364 g/mol. The molecule has 3 N–H and O–H groups in total. The molecule has 0 aliphatic heterocycles. The Morgan fingerprint density at radius 2 is 2.33 bits per heavy atom. The summed E-state index contributed by atoms with van der Waals surface area (Å²) in [5.74, 6) is 0.459. The number of rotatable bonds is 7. The first-order valence-corrected chi connectivity index (χ1v) is 5.84. The number of halogens is 1. The van der Waals surface area contributed by atoms with Crippen molar-refractivity contribution < 1.29 is 4.74 Å². The van der Waals surface area contributed by atoms with Crippen LogP contribution in [0.4, 0.5) is 0 Å². The smallest absolute Gasteiger partial charge is 0.188 e. The molecular weight excluding hydrogens is 343 g/mol. The highest BCUT2D eigenvalue weighted by molar-refractivity contribution is 14.0. The van der Waals surface area contributed by atoms with E-state index >= 15 is 0 Å². The lowest BCUT2D eigenvalue weighted by molar-refractivity contribution is 0.155. The maximum absolute atomic E-state index is 5.68. The maximum Gasteiger partial charge on any atom is 0.188 e. The van der Waals surface area contributed by atoms with Crippen LogP contribution in [0.15, 0.2) is 29.4 Å². The van der Waals surface area contributed by atoms with Gasteiger partial charge in [0.05, 0.1) is 13.2 Å². The summed E-state index contributed by atoms with van der Waals surface area (Å²) in [5.41, 5.74) is 6.73. The van der Waals surface area contributed by atoms with Crippen LogP contribution in [0.3, 0.4) is 0 Å². The highest BCUT2D eigenvalue weighted by Gasteiger charge is 1.94. The molecule has 1 heterocycles. The Labute approximate surface area is 125 Å². The van der Waals surface area contributed by atoms with Gasteiger partial charge in [0.25, 0.3) is 0 Å². The molecule has 0 aromatic carbocycles. The molecule has 0 amide bonds. The van der Waals surface area contributed by atoms with Crippen LogP contribution in [-0.4, -0.2) is 37.2 Å². The lowest BCUT2D eigenvalue weighted by Gasteiger charge is -2.05. The van der Waals surface area contributed by atoms with Crippen LogP contribution >= 0.6 is 24.0 Å². The summed E-state index contributed by atoms with van der Waals surface area (Å²) in [7, 11) is 0. The molecule has 1 aromatic heterocycles. The highest BCUT2D eigenvalue weighted by atomic mass is 127. The summed E-state index contributed by atoms with van der Waals surface area (Å²) in [6.07, 6.45) is 2.62. The number of hydrogen-bond donors (Lipinski definition) is 2. The SMILES string of the molecule is CCOCCN=C(N)NCCc1ccccn1.I. The van der Waals surface area contributed by atoms with E-state index in [2.05, 4.69) is 15.3 Å². The minimum Gasteiger partial charge on any atom is -0.380 e. The van der Waals surface area contributed by atoms with Gasteiger partial charge in [-0.2, -0.15) is 0 Å². The van der Waals surface area contributed by atoms with E-state index in [4.69, 9.17) is 10.5 Å². The molecule has 0 atom stereocenters. The van der Waals surface area contributed by atoms with Gasteiger partial charge in [0.15, 0.2) is 5.96 Å². The van der Waals surface area contributed by atoms with Gasteiger partial charge in [-0.25, -0.2) is 0 Å². The van der Waals surface area contributed by atoms with E-state index in [1.807, 2.05) is 25.1 Å². The quantitative estimate of drug-likeness (QED) is 0.330. The molecule has 0 saturated carbocycles. The molecule has 0 saturated heterocycles. The third-order valence-electron chi connectivity index (χ3n) is 2.14. The zero-order chi connectivity index (χ0) is 12.3. The van der Waals surface area contributed by atoms with Gasteiger partial charge in [-0.3, -0.25) is 9.98 Å². The highest BCUT2D eigenvalue weighted by Crippen LogP contribution is 1.92. The molecule has 1 aromatic rings. The van der Waals surface area contributed by atoms with E-state index in [-0.39, 0.29) is 24.0 Å². The van der Waals surface area contributed by atoms with Crippen LogP contribution in [0.5, 0.6) is 0 Å². The third kappa shape index (κ3) is 8.24. The lowest BCUT2D eigenvalue weighted by Crippen LogP contribution is -2.33. The van der Waals surface area contributed by atoms with E-state index in [1.165, 1.54) is 0 Å². The van der Waals surface area contributed by atoms with Crippen LogP contribution in [0.2, 0.25) is 0 Å². The summed E-state index contributed by atoms with van der Waals surface area (Å²) >= 11 is 0. The zero-order valence-corrected chi connectivity index (χ0v) is 13.0. The van der Waals surface area contributed by atoms with E-state index < -0.39 is 0 Å². The van der Waals surface area contributed by atoms with Gasteiger partial charge in [0.1, 0.15) is 0 Å². The van der Waals surface area contributed by atoms with E-state index in [1.54, 1.807) is 6.20 Å². The molecule has 0 fully saturated rings. The fraction of sp³-hybridized carbons (Fsp3) is 0.500. The van der Waals surface area contributed by atoms with E-state index in [9.17, 15) is 0 Å². The minimum absolute atomic E-state index is 0. The van der Waals surface area contributed by atoms with Crippen molar-refractivity contribution in [3.63, 3.8) is 0 Å². The van der Waals surface area contributed by atoms with Crippen LogP contribution in [0, 0.1) is 0 Å². The molecule has 0 unspecified atom stereocenters. The predicted molar refractivity (Wildman–Crippen MR) is 84.3 cm³/mol. The molecule has 18 heavy (non-hydrogen) atoms. The number of aliphatic imine (C=N–C) groups is 1. The summed E-state index contributed by atoms with van der Waals surface area (Å²) in [6, 6.07) is 5.87. The van der Waals surface area contributed by atoms with Gasteiger partial charge < -0.3 is 15.8 Å². The summed E-state index contributed by atoms with van der Waals surface area (Å²) in [5, 5.41) is 3.04.